The Hall–Kier alpha value is -3.73. The first-order valence-corrected chi connectivity index (χ1v) is 13.5. The van der Waals surface area contributed by atoms with Crippen LogP contribution in [0.25, 0.3) is 11.5 Å². The predicted octanol–water partition coefficient (Wildman–Crippen LogP) is 4.03. The molecule has 1 aromatic carbocycles. The van der Waals surface area contributed by atoms with Crippen LogP contribution in [0.15, 0.2) is 28.8 Å². The van der Waals surface area contributed by atoms with Gasteiger partial charge in [0.05, 0.1) is 25.5 Å². The monoisotopic (exact) mass is 518 g/mol. The lowest BCUT2D eigenvalue weighted by molar-refractivity contribution is -0.120. The first-order valence-electron chi connectivity index (χ1n) is 13.5. The minimum Gasteiger partial charge on any atom is -0.495 e. The first kappa shape index (κ1) is 24.6. The smallest absolute Gasteiger partial charge is 0.249 e. The highest BCUT2D eigenvalue weighted by atomic mass is 16.5. The van der Waals surface area contributed by atoms with Gasteiger partial charge < -0.3 is 29.6 Å². The van der Waals surface area contributed by atoms with Crippen molar-refractivity contribution in [2.24, 2.45) is 0 Å². The minimum atomic E-state index is -0.217. The number of nitrogens with one attached hydrogen (secondary N) is 2. The summed E-state index contributed by atoms with van der Waals surface area (Å²) in [6.07, 6.45) is 9.36. The molecule has 2 N–H and O–H groups in total. The third-order valence-electron chi connectivity index (χ3n) is 7.69. The molecule has 1 atom stereocenters. The van der Waals surface area contributed by atoms with E-state index in [4.69, 9.17) is 14.1 Å². The number of nitrogens with zero attached hydrogens (tertiary/aromatic N) is 6. The maximum atomic E-state index is 13.1. The highest BCUT2D eigenvalue weighted by Gasteiger charge is 2.41. The zero-order valence-electron chi connectivity index (χ0n) is 22.1. The second-order valence-corrected chi connectivity index (χ2v) is 10.3. The van der Waals surface area contributed by atoms with E-state index in [-0.39, 0.29) is 11.9 Å². The number of aromatic nitrogens is 4. The number of methoxy groups -OCH3 is 1. The summed E-state index contributed by atoms with van der Waals surface area (Å²) in [5.41, 5.74) is 2.22. The topological polar surface area (TPSA) is 122 Å². The molecule has 3 heterocycles. The zero-order chi connectivity index (χ0) is 26.2. The average Bonchev–Trinajstić information content (AvgIpc) is 3.39. The van der Waals surface area contributed by atoms with Gasteiger partial charge >= 0.3 is 0 Å². The summed E-state index contributed by atoms with van der Waals surface area (Å²) in [5.74, 6) is 2.96. The van der Waals surface area contributed by atoms with Gasteiger partial charge in [-0.3, -0.25) is 4.79 Å². The van der Waals surface area contributed by atoms with E-state index in [2.05, 4.69) is 37.6 Å². The fourth-order valence-electron chi connectivity index (χ4n) is 5.45. The van der Waals surface area contributed by atoms with Crippen LogP contribution in [0.5, 0.6) is 5.75 Å². The Morgan fingerprint density at radius 3 is 2.71 bits per heavy atom. The fourth-order valence-corrected chi connectivity index (χ4v) is 5.45. The van der Waals surface area contributed by atoms with Crippen molar-refractivity contribution in [2.75, 3.05) is 29.3 Å². The molecule has 11 heteroatoms. The predicted molar refractivity (Wildman–Crippen MR) is 144 cm³/mol. The number of hydrogen-bond donors (Lipinski definition) is 2. The van der Waals surface area contributed by atoms with E-state index in [9.17, 15) is 4.79 Å². The van der Waals surface area contributed by atoms with Crippen LogP contribution in [-0.2, 0) is 11.3 Å². The Balaban J connectivity index is 1.26. The number of hydrogen-bond acceptors (Lipinski definition) is 10. The lowest BCUT2D eigenvalue weighted by Crippen LogP contribution is -2.55. The summed E-state index contributed by atoms with van der Waals surface area (Å²) in [5, 5.41) is 15.1. The van der Waals surface area contributed by atoms with Gasteiger partial charge in [-0.1, -0.05) is 19.8 Å². The number of amides is 1. The number of carbonyl (C=O) groups excluding carboxylic acids is 1. The Labute approximate surface area is 222 Å². The number of likely N-dealkylation sites (N-methyl/N-ethyl adjacent to an activating group) is 1. The molecular weight excluding hydrogens is 484 g/mol. The molecule has 2 aliphatic carbocycles. The van der Waals surface area contributed by atoms with Crippen LogP contribution in [-0.4, -0.2) is 58.4 Å². The van der Waals surface area contributed by atoms with Crippen molar-refractivity contribution in [1.29, 1.82) is 0 Å². The summed E-state index contributed by atoms with van der Waals surface area (Å²) in [7, 11) is 3.42. The molecule has 0 radical (unpaired) electrons. The highest BCUT2D eigenvalue weighted by Crippen LogP contribution is 2.40. The van der Waals surface area contributed by atoms with E-state index >= 15 is 0 Å². The summed E-state index contributed by atoms with van der Waals surface area (Å²) >= 11 is 0. The Kier molecular flexibility index (Phi) is 6.61. The third-order valence-corrected chi connectivity index (χ3v) is 7.69. The molecule has 3 aromatic rings. The van der Waals surface area contributed by atoms with Crippen LogP contribution in [0.2, 0.25) is 0 Å². The van der Waals surface area contributed by atoms with Crippen LogP contribution >= 0.6 is 0 Å². The quantitative estimate of drug-likeness (QED) is 0.429. The van der Waals surface area contributed by atoms with Gasteiger partial charge in [0.2, 0.25) is 23.6 Å². The lowest BCUT2D eigenvalue weighted by atomic mass is 10.0. The molecular formula is C27H34N8O3. The molecule has 0 bridgehead atoms. The second kappa shape index (κ2) is 10.2. The zero-order valence-corrected chi connectivity index (χ0v) is 22.1. The molecule has 0 unspecified atom stereocenters. The number of anilines is 4. The molecule has 1 aliphatic heterocycles. The van der Waals surface area contributed by atoms with E-state index in [0.29, 0.717) is 47.8 Å². The normalized spacial score (nSPS) is 19.7. The summed E-state index contributed by atoms with van der Waals surface area (Å²) in [6, 6.07) is 6.32. The van der Waals surface area contributed by atoms with Crippen LogP contribution in [0.4, 0.5) is 23.1 Å². The third kappa shape index (κ3) is 4.66. The van der Waals surface area contributed by atoms with Crippen molar-refractivity contribution in [1.82, 2.24) is 25.5 Å². The highest BCUT2D eigenvalue weighted by molar-refractivity contribution is 6.04. The van der Waals surface area contributed by atoms with Gasteiger partial charge in [0, 0.05) is 24.7 Å². The minimum absolute atomic E-state index is 0.0981. The Morgan fingerprint density at radius 1 is 1.16 bits per heavy atom. The molecule has 6 rings (SSSR count). The molecule has 2 fully saturated rings. The standard InChI is InChI=1S/C27H34N8O3/c1-4-20-26(36)34(2)21-14-29-27(31-24(21)35(20)18-7-5-6-8-18)30-19-12-9-16(13-22(19)37-3)25-33-32-23(38-25)15-28-17-10-11-17/h9,12-14,17-18,20,28H,4-8,10-11,15H2,1-3H3,(H,29,30,31)/t20-/m1/s1. The number of ether oxygens (including phenoxy) is 1. The summed E-state index contributed by atoms with van der Waals surface area (Å²) < 4.78 is 11.5. The van der Waals surface area contributed by atoms with Gasteiger partial charge in [0.25, 0.3) is 0 Å². The van der Waals surface area contributed by atoms with Gasteiger partial charge in [-0.2, -0.15) is 4.98 Å². The van der Waals surface area contributed by atoms with Crippen LogP contribution in [0.1, 0.15) is 57.8 Å². The molecule has 2 aromatic heterocycles. The molecule has 3 aliphatic rings. The van der Waals surface area contributed by atoms with Crippen molar-refractivity contribution in [3.8, 4) is 17.2 Å². The summed E-state index contributed by atoms with van der Waals surface area (Å²) in [4.78, 5) is 26.5. The molecule has 0 spiro atoms. The SMILES string of the molecule is CC[C@@H]1C(=O)N(C)c2cnc(Nc3ccc(-c4nnc(CNC5CC5)o4)cc3OC)nc2N1C1CCCC1. The maximum Gasteiger partial charge on any atom is 0.249 e. The van der Waals surface area contributed by atoms with E-state index < -0.39 is 0 Å². The van der Waals surface area contributed by atoms with E-state index in [0.717, 1.165) is 36.3 Å². The number of rotatable bonds is 9. The number of carbonyl (C=O) groups is 1. The molecule has 38 heavy (non-hydrogen) atoms. The molecule has 2 saturated carbocycles. The van der Waals surface area contributed by atoms with Gasteiger partial charge in [-0.05, 0) is 50.3 Å². The first-order chi connectivity index (χ1) is 18.6. The molecule has 1 amide bonds. The van der Waals surface area contributed by atoms with Gasteiger partial charge in [-0.15, -0.1) is 10.2 Å². The van der Waals surface area contributed by atoms with Crippen molar-refractivity contribution >= 4 is 29.0 Å². The van der Waals surface area contributed by atoms with Gasteiger partial charge in [0.15, 0.2) is 5.82 Å². The molecule has 0 saturated heterocycles. The number of fused-ring (bicyclic) bond motifs is 1. The van der Waals surface area contributed by atoms with Gasteiger partial charge in [0.1, 0.15) is 17.5 Å². The second-order valence-electron chi connectivity index (χ2n) is 10.3. The fraction of sp³-hybridized carbons (Fsp3) is 0.519. The summed E-state index contributed by atoms with van der Waals surface area (Å²) in [6.45, 7) is 2.63. The molecule has 11 nitrogen and oxygen atoms in total. The Morgan fingerprint density at radius 2 is 1.97 bits per heavy atom. The number of benzene rings is 1. The lowest BCUT2D eigenvalue weighted by Gasteiger charge is -2.43. The van der Waals surface area contributed by atoms with E-state index in [1.165, 1.54) is 25.7 Å². The van der Waals surface area contributed by atoms with Crippen molar-refractivity contribution in [3.63, 3.8) is 0 Å². The largest absolute Gasteiger partial charge is 0.495 e. The van der Waals surface area contributed by atoms with Crippen molar-refractivity contribution < 1.29 is 13.9 Å². The molecule has 200 valence electrons. The van der Waals surface area contributed by atoms with Crippen LogP contribution < -0.4 is 25.2 Å². The van der Waals surface area contributed by atoms with Gasteiger partial charge in [-0.25, -0.2) is 4.98 Å². The van der Waals surface area contributed by atoms with E-state index in [1.54, 1.807) is 25.3 Å². The van der Waals surface area contributed by atoms with Crippen molar-refractivity contribution in [2.45, 2.75) is 76.5 Å². The maximum absolute atomic E-state index is 13.1. The van der Waals surface area contributed by atoms with Crippen LogP contribution in [0, 0.1) is 0 Å². The average molecular weight is 519 g/mol. The van der Waals surface area contributed by atoms with Crippen LogP contribution in [0.3, 0.4) is 0 Å². The van der Waals surface area contributed by atoms with E-state index in [1.807, 2.05) is 18.2 Å². The van der Waals surface area contributed by atoms with Crippen molar-refractivity contribution in [3.05, 3.63) is 30.3 Å². The Bertz CT molecular complexity index is 1320.